The Labute approximate surface area is 213 Å². The van der Waals surface area contributed by atoms with Crippen molar-refractivity contribution in [1.82, 2.24) is 4.90 Å². The van der Waals surface area contributed by atoms with E-state index in [0.717, 1.165) is 41.2 Å². The van der Waals surface area contributed by atoms with Crippen molar-refractivity contribution < 1.29 is 28.9 Å². The molecule has 1 heterocycles. The lowest BCUT2D eigenvalue weighted by Crippen LogP contribution is -2.35. The van der Waals surface area contributed by atoms with Crippen molar-refractivity contribution in [3.8, 4) is 17.2 Å². The van der Waals surface area contributed by atoms with Crippen LogP contribution in [0.4, 0.5) is 5.69 Å². The molecule has 0 saturated heterocycles. The van der Waals surface area contributed by atoms with E-state index in [9.17, 15) is 14.7 Å². The average molecular weight is 499 g/mol. The number of benzene rings is 2. The molecule has 8 heteroatoms. The number of rotatable bonds is 15. The van der Waals surface area contributed by atoms with Crippen LogP contribution in [0.25, 0.3) is 0 Å². The summed E-state index contributed by atoms with van der Waals surface area (Å²) >= 11 is 0. The fourth-order valence-electron chi connectivity index (χ4n) is 4.17. The van der Waals surface area contributed by atoms with Crippen molar-refractivity contribution in [2.45, 2.75) is 52.4 Å². The number of aliphatic hydroxyl groups is 1. The monoisotopic (exact) mass is 498 g/mol. The number of ether oxygens (including phenoxy) is 3. The second kappa shape index (κ2) is 14.3. The number of carbonyl (C=O) groups excluding carboxylic acids is 2. The van der Waals surface area contributed by atoms with E-state index in [4.69, 9.17) is 14.2 Å². The average Bonchev–Trinajstić information content (AvgIpc) is 2.87. The maximum absolute atomic E-state index is 12.8. The first kappa shape index (κ1) is 27.3. The zero-order valence-electron chi connectivity index (χ0n) is 21.4. The van der Waals surface area contributed by atoms with Gasteiger partial charge in [0, 0.05) is 31.6 Å². The number of fused-ring (bicyclic) bond motifs is 1. The smallest absolute Gasteiger partial charge is 0.224 e. The summed E-state index contributed by atoms with van der Waals surface area (Å²) in [6, 6.07) is 11.6. The Morgan fingerprint density at radius 3 is 2.56 bits per heavy atom. The van der Waals surface area contributed by atoms with Crippen molar-refractivity contribution in [3.63, 3.8) is 0 Å². The standard InChI is InChI=1S/C28H38N2O6/c1-3-34-25-12-8-21(19-26(25)35-4-2)14-15-30(16-17-31)28(33)7-5-6-18-36-23-10-11-24-22(20-23)9-13-27(32)29-24/h8,10-12,19-20,31H,3-7,9,13-18H2,1-2H3,(H,29,32). The molecule has 0 fully saturated rings. The van der Waals surface area contributed by atoms with Gasteiger partial charge in [-0.3, -0.25) is 9.59 Å². The zero-order valence-corrected chi connectivity index (χ0v) is 21.4. The number of unbranched alkanes of at least 4 members (excludes halogenated alkanes) is 1. The van der Waals surface area contributed by atoms with Gasteiger partial charge in [0.15, 0.2) is 11.5 Å². The number of anilines is 1. The fraction of sp³-hybridized carbons (Fsp3) is 0.500. The molecule has 0 radical (unpaired) electrons. The molecule has 3 rings (SSSR count). The van der Waals surface area contributed by atoms with E-state index in [-0.39, 0.29) is 18.4 Å². The maximum Gasteiger partial charge on any atom is 0.224 e. The Hall–Kier alpha value is -3.26. The molecule has 8 nitrogen and oxygen atoms in total. The number of hydrogen-bond acceptors (Lipinski definition) is 6. The van der Waals surface area contributed by atoms with Crippen LogP contribution in [0.3, 0.4) is 0 Å². The highest BCUT2D eigenvalue weighted by Gasteiger charge is 2.16. The summed E-state index contributed by atoms with van der Waals surface area (Å²) < 4.78 is 17.2. The van der Waals surface area contributed by atoms with Crippen LogP contribution in [0.15, 0.2) is 36.4 Å². The number of carbonyl (C=O) groups is 2. The third-order valence-corrected chi connectivity index (χ3v) is 6.03. The van der Waals surface area contributed by atoms with Crippen LogP contribution in [0.2, 0.25) is 0 Å². The number of aryl methyl sites for hydroxylation is 1. The minimum atomic E-state index is -0.0683. The second-order valence-electron chi connectivity index (χ2n) is 8.67. The highest BCUT2D eigenvalue weighted by atomic mass is 16.5. The predicted octanol–water partition coefficient (Wildman–Crippen LogP) is 3.98. The molecule has 0 spiro atoms. The molecular weight excluding hydrogens is 460 g/mol. The van der Waals surface area contributed by atoms with Gasteiger partial charge in [-0.05, 0) is 81.0 Å². The van der Waals surface area contributed by atoms with E-state index < -0.39 is 0 Å². The van der Waals surface area contributed by atoms with Crippen molar-refractivity contribution in [2.75, 3.05) is 44.8 Å². The van der Waals surface area contributed by atoms with Gasteiger partial charge in [-0.1, -0.05) is 6.07 Å². The summed E-state index contributed by atoms with van der Waals surface area (Å²) in [5.41, 5.74) is 2.99. The highest BCUT2D eigenvalue weighted by Crippen LogP contribution is 2.29. The quantitative estimate of drug-likeness (QED) is 0.361. The van der Waals surface area contributed by atoms with Gasteiger partial charge in [-0.2, -0.15) is 0 Å². The first-order valence-electron chi connectivity index (χ1n) is 12.9. The van der Waals surface area contributed by atoms with Gasteiger partial charge in [0.25, 0.3) is 0 Å². The minimum Gasteiger partial charge on any atom is -0.494 e. The lowest BCUT2D eigenvalue weighted by atomic mass is 10.0. The molecule has 2 aromatic carbocycles. The van der Waals surface area contributed by atoms with Gasteiger partial charge in [0.2, 0.25) is 11.8 Å². The van der Waals surface area contributed by atoms with Gasteiger partial charge in [-0.15, -0.1) is 0 Å². The van der Waals surface area contributed by atoms with E-state index in [1.165, 1.54) is 0 Å². The van der Waals surface area contributed by atoms with Crippen molar-refractivity contribution in [1.29, 1.82) is 0 Å². The number of aliphatic hydroxyl groups excluding tert-OH is 1. The number of amides is 2. The zero-order chi connectivity index (χ0) is 25.8. The van der Waals surface area contributed by atoms with Crippen molar-refractivity contribution >= 4 is 17.5 Å². The van der Waals surface area contributed by atoms with Crippen LogP contribution >= 0.6 is 0 Å². The SMILES string of the molecule is CCOc1ccc(CCN(CCO)C(=O)CCCCOc2ccc3c(c2)CCC(=O)N3)cc1OCC. The molecule has 0 aromatic heterocycles. The normalized spacial score (nSPS) is 12.5. The number of nitrogens with one attached hydrogen (secondary N) is 1. The highest BCUT2D eigenvalue weighted by molar-refractivity contribution is 5.94. The third-order valence-electron chi connectivity index (χ3n) is 6.03. The van der Waals surface area contributed by atoms with Crippen LogP contribution in [0.1, 0.15) is 50.7 Å². The van der Waals surface area contributed by atoms with E-state index >= 15 is 0 Å². The molecule has 0 saturated carbocycles. The molecule has 0 bridgehead atoms. The fourth-order valence-corrected chi connectivity index (χ4v) is 4.17. The predicted molar refractivity (Wildman–Crippen MR) is 139 cm³/mol. The molecule has 1 aliphatic heterocycles. The summed E-state index contributed by atoms with van der Waals surface area (Å²) in [7, 11) is 0. The first-order valence-corrected chi connectivity index (χ1v) is 12.9. The number of nitrogens with zero attached hydrogens (tertiary/aromatic N) is 1. The molecule has 0 aliphatic carbocycles. The summed E-state index contributed by atoms with van der Waals surface area (Å²) in [6.07, 6.45) is 3.75. The Balaban J connectivity index is 1.42. The first-order chi connectivity index (χ1) is 17.5. The Bertz CT molecular complexity index is 1010. The van der Waals surface area contributed by atoms with Crippen molar-refractivity contribution in [2.24, 2.45) is 0 Å². The molecule has 2 aromatic rings. The molecule has 0 atom stereocenters. The topological polar surface area (TPSA) is 97.3 Å². The van der Waals surface area contributed by atoms with Crippen molar-refractivity contribution in [3.05, 3.63) is 47.5 Å². The lowest BCUT2D eigenvalue weighted by Gasteiger charge is -2.22. The summed E-state index contributed by atoms with van der Waals surface area (Å²) in [4.78, 5) is 26.0. The largest absolute Gasteiger partial charge is 0.494 e. The van der Waals surface area contributed by atoms with E-state index in [1.54, 1.807) is 4.90 Å². The van der Waals surface area contributed by atoms with Crippen LogP contribution in [0.5, 0.6) is 17.2 Å². The molecule has 196 valence electrons. The van der Waals surface area contributed by atoms with Crippen LogP contribution in [-0.2, 0) is 22.4 Å². The minimum absolute atomic E-state index is 0.0320. The molecule has 2 amide bonds. The Morgan fingerprint density at radius 1 is 0.972 bits per heavy atom. The van der Waals surface area contributed by atoms with E-state index in [1.807, 2.05) is 50.2 Å². The molecule has 36 heavy (non-hydrogen) atoms. The van der Waals surface area contributed by atoms with Gasteiger partial charge >= 0.3 is 0 Å². The molecular formula is C28H38N2O6. The van der Waals surface area contributed by atoms with Crippen LogP contribution < -0.4 is 19.5 Å². The van der Waals surface area contributed by atoms with Gasteiger partial charge in [0.1, 0.15) is 5.75 Å². The van der Waals surface area contributed by atoms with E-state index in [2.05, 4.69) is 5.32 Å². The van der Waals surface area contributed by atoms with Gasteiger partial charge < -0.3 is 29.5 Å². The Kier molecular flexibility index (Phi) is 10.9. The van der Waals surface area contributed by atoms with E-state index in [0.29, 0.717) is 64.3 Å². The summed E-state index contributed by atoms with van der Waals surface area (Å²) in [5, 5.41) is 12.3. The second-order valence-corrected chi connectivity index (χ2v) is 8.67. The molecule has 2 N–H and O–H groups in total. The summed E-state index contributed by atoms with van der Waals surface area (Å²) in [6.45, 7) is 6.28. The molecule has 1 aliphatic rings. The van der Waals surface area contributed by atoms with Crippen LogP contribution in [-0.4, -0.2) is 61.3 Å². The third kappa shape index (κ3) is 8.16. The maximum atomic E-state index is 12.8. The summed E-state index contributed by atoms with van der Waals surface area (Å²) in [5.74, 6) is 2.28. The number of hydrogen-bond donors (Lipinski definition) is 2. The van der Waals surface area contributed by atoms with Crippen LogP contribution in [0, 0.1) is 0 Å². The van der Waals surface area contributed by atoms with Gasteiger partial charge in [-0.25, -0.2) is 0 Å². The lowest BCUT2D eigenvalue weighted by molar-refractivity contribution is -0.131. The molecule has 0 unspecified atom stereocenters. The Morgan fingerprint density at radius 2 is 1.78 bits per heavy atom. The van der Waals surface area contributed by atoms with Gasteiger partial charge in [0.05, 0.1) is 26.4 Å².